The van der Waals surface area contributed by atoms with Crippen molar-refractivity contribution in [3.8, 4) is 5.75 Å². The van der Waals surface area contributed by atoms with Crippen molar-refractivity contribution in [1.29, 1.82) is 0 Å². The normalized spacial score (nSPS) is 11.7. The third-order valence-corrected chi connectivity index (χ3v) is 3.35. The first-order valence-corrected chi connectivity index (χ1v) is 7.48. The number of aromatic amines is 1. The van der Waals surface area contributed by atoms with Crippen LogP contribution in [0.5, 0.6) is 5.75 Å². The minimum atomic E-state index is 0. The molecular weight excluding hydrogens is 405 g/mol. The fraction of sp³-hybridized carbons (Fsp3) is 0.375. The number of nitrogens with one attached hydrogen (secondary N) is 2. The molecule has 0 aliphatic carbocycles. The van der Waals surface area contributed by atoms with E-state index in [4.69, 9.17) is 10.5 Å². The molecule has 2 aromatic rings. The molecule has 4 N–H and O–H groups in total. The number of nitrogens with two attached hydrogens (primary N) is 1. The molecule has 126 valence electrons. The Morgan fingerprint density at radius 2 is 2.22 bits per heavy atom. The predicted molar refractivity (Wildman–Crippen MR) is 107 cm³/mol. The predicted octanol–water partition coefficient (Wildman–Crippen LogP) is 3.22. The van der Waals surface area contributed by atoms with Crippen LogP contribution in [-0.2, 0) is 0 Å². The van der Waals surface area contributed by atoms with E-state index in [2.05, 4.69) is 27.4 Å². The van der Waals surface area contributed by atoms with Crippen molar-refractivity contribution in [2.75, 3.05) is 13.7 Å². The third-order valence-electron chi connectivity index (χ3n) is 3.35. The van der Waals surface area contributed by atoms with Crippen LogP contribution in [0.3, 0.4) is 0 Å². The Balaban J connectivity index is 0.00000264. The summed E-state index contributed by atoms with van der Waals surface area (Å²) in [4.78, 5) is 7.40. The number of hydrogen-bond donors (Lipinski definition) is 3. The summed E-state index contributed by atoms with van der Waals surface area (Å²) < 4.78 is 5.24. The van der Waals surface area contributed by atoms with Gasteiger partial charge in [-0.05, 0) is 24.6 Å². The number of methoxy groups -OCH3 is 1. The maximum atomic E-state index is 5.75. The maximum absolute atomic E-state index is 5.75. The summed E-state index contributed by atoms with van der Waals surface area (Å²) in [5.74, 6) is 1.15. The number of ether oxygens (including phenoxy) is 1. The Bertz CT molecular complexity index is 666. The molecule has 0 aliphatic rings. The fourth-order valence-electron chi connectivity index (χ4n) is 2.12. The topological polar surface area (TPSA) is 87.8 Å². The number of nitrogens with zero attached hydrogens (tertiary/aromatic N) is 2. The van der Waals surface area contributed by atoms with Crippen molar-refractivity contribution < 1.29 is 4.74 Å². The Hall–Kier alpha value is -1.77. The second kappa shape index (κ2) is 10.1. The lowest BCUT2D eigenvalue weighted by atomic mass is 10.2. The fourth-order valence-corrected chi connectivity index (χ4v) is 2.12. The van der Waals surface area contributed by atoms with Gasteiger partial charge in [-0.1, -0.05) is 19.8 Å². The zero-order valence-corrected chi connectivity index (χ0v) is 15.8. The van der Waals surface area contributed by atoms with Gasteiger partial charge in [0.25, 0.3) is 0 Å². The second-order valence-electron chi connectivity index (χ2n) is 5.00. The molecule has 0 spiro atoms. The maximum Gasteiger partial charge on any atom is 0.209 e. The molecule has 6 nitrogen and oxygen atoms in total. The summed E-state index contributed by atoms with van der Waals surface area (Å²) in [6.45, 7) is 2.89. The number of H-pyrrole nitrogens is 1. The molecule has 1 heterocycles. The van der Waals surface area contributed by atoms with Gasteiger partial charge in [0.05, 0.1) is 13.3 Å². The summed E-state index contributed by atoms with van der Waals surface area (Å²) in [6, 6.07) is 5.86. The quantitative estimate of drug-likeness (QED) is 0.208. The largest absolute Gasteiger partial charge is 0.497 e. The Labute approximate surface area is 153 Å². The van der Waals surface area contributed by atoms with Crippen LogP contribution in [0, 0.1) is 0 Å². The highest BCUT2D eigenvalue weighted by atomic mass is 127. The minimum Gasteiger partial charge on any atom is -0.497 e. The van der Waals surface area contributed by atoms with Gasteiger partial charge >= 0.3 is 0 Å². The number of rotatable bonds is 7. The first kappa shape index (κ1) is 19.3. The lowest BCUT2D eigenvalue weighted by Crippen LogP contribution is -2.27. The van der Waals surface area contributed by atoms with Crippen molar-refractivity contribution in [1.82, 2.24) is 10.4 Å². The summed E-state index contributed by atoms with van der Waals surface area (Å²) in [6.07, 6.45) is 6.99. The molecule has 0 fully saturated rings. The number of hydrogen-bond acceptors (Lipinski definition) is 3. The molecule has 0 amide bonds. The number of aromatic nitrogens is 1. The smallest absolute Gasteiger partial charge is 0.209 e. The number of halogens is 1. The van der Waals surface area contributed by atoms with Gasteiger partial charge in [0.2, 0.25) is 5.96 Å². The van der Waals surface area contributed by atoms with Crippen molar-refractivity contribution in [3.05, 3.63) is 30.0 Å². The third kappa shape index (κ3) is 5.74. The molecule has 0 saturated heterocycles. The molecule has 1 aromatic carbocycles. The Kier molecular flexibility index (Phi) is 8.46. The molecule has 0 saturated carbocycles. The molecule has 0 radical (unpaired) electrons. The van der Waals surface area contributed by atoms with Gasteiger partial charge in [0, 0.05) is 29.2 Å². The van der Waals surface area contributed by atoms with Gasteiger partial charge in [-0.3, -0.25) is 4.99 Å². The van der Waals surface area contributed by atoms with Gasteiger partial charge in [0.15, 0.2) is 0 Å². The molecule has 0 atom stereocenters. The average molecular weight is 429 g/mol. The number of fused-ring (bicyclic) bond motifs is 1. The molecule has 23 heavy (non-hydrogen) atoms. The summed E-state index contributed by atoms with van der Waals surface area (Å²) in [7, 11) is 1.65. The zero-order chi connectivity index (χ0) is 15.8. The minimum absolute atomic E-state index is 0. The van der Waals surface area contributed by atoms with Crippen LogP contribution in [0.25, 0.3) is 10.9 Å². The molecule has 0 aliphatic heterocycles. The van der Waals surface area contributed by atoms with Gasteiger partial charge in [0.1, 0.15) is 5.75 Å². The number of hydrazone groups is 1. The molecule has 1 aromatic heterocycles. The summed E-state index contributed by atoms with van der Waals surface area (Å²) in [5, 5.41) is 5.17. The lowest BCUT2D eigenvalue weighted by molar-refractivity contribution is 0.415. The number of guanidine groups is 1. The SMILES string of the molecule is CCCCCN=C(N)NN=Cc1c[nH]c2ccc(OC)cc12.I. The molecule has 0 bridgehead atoms. The van der Waals surface area contributed by atoms with Crippen LogP contribution in [0.1, 0.15) is 31.7 Å². The van der Waals surface area contributed by atoms with Gasteiger partial charge in [-0.25, -0.2) is 5.43 Å². The number of unbranched alkanes of at least 4 members (excludes halogenated alkanes) is 2. The first-order valence-electron chi connectivity index (χ1n) is 7.48. The average Bonchev–Trinajstić information content (AvgIpc) is 2.94. The van der Waals surface area contributed by atoms with E-state index in [0.717, 1.165) is 41.6 Å². The van der Waals surface area contributed by atoms with E-state index in [9.17, 15) is 0 Å². The summed E-state index contributed by atoms with van der Waals surface area (Å²) >= 11 is 0. The van der Waals surface area contributed by atoms with Crippen LogP contribution in [0.2, 0.25) is 0 Å². The van der Waals surface area contributed by atoms with Crippen molar-refractivity contribution in [2.24, 2.45) is 15.8 Å². The van der Waals surface area contributed by atoms with Crippen molar-refractivity contribution >= 4 is 47.1 Å². The molecule has 7 heteroatoms. The van der Waals surface area contributed by atoms with Crippen LogP contribution in [0.15, 0.2) is 34.5 Å². The number of benzene rings is 1. The van der Waals surface area contributed by atoms with Crippen molar-refractivity contribution in [3.63, 3.8) is 0 Å². The number of aliphatic imine (C=N–C) groups is 1. The highest BCUT2D eigenvalue weighted by molar-refractivity contribution is 14.0. The van der Waals surface area contributed by atoms with Gasteiger partial charge in [-0.2, -0.15) is 5.10 Å². The Morgan fingerprint density at radius 3 is 2.96 bits per heavy atom. The van der Waals surface area contributed by atoms with Crippen LogP contribution in [-0.4, -0.2) is 30.8 Å². The van der Waals surface area contributed by atoms with Crippen LogP contribution < -0.4 is 15.9 Å². The van der Waals surface area contributed by atoms with Gasteiger partial charge in [-0.15, -0.1) is 24.0 Å². The summed E-state index contributed by atoms with van der Waals surface area (Å²) in [5.41, 5.74) is 10.5. The van der Waals surface area contributed by atoms with E-state index in [1.54, 1.807) is 13.3 Å². The van der Waals surface area contributed by atoms with E-state index in [1.807, 2.05) is 24.4 Å². The first-order chi connectivity index (χ1) is 10.7. The van der Waals surface area contributed by atoms with E-state index >= 15 is 0 Å². The highest BCUT2D eigenvalue weighted by Crippen LogP contribution is 2.22. The van der Waals surface area contributed by atoms with E-state index < -0.39 is 0 Å². The monoisotopic (exact) mass is 429 g/mol. The second-order valence-corrected chi connectivity index (χ2v) is 5.00. The zero-order valence-electron chi connectivity index (χ0n) is 13.5. The Morgan fingerprint density at radius 1 is 1.39 bits per heavy atom. The van der Waals surface area contributed by atoms with E-state index in [0.29, 0.717) is 5.96 Å². The van der Waals surface area contributed by atoms with Crippen LogP contribution in [0.4, 0.5) is 0 Å². The standard InChI is InChI=1S/C16H23N5O.HI/c1-3-4-5-8-18-16(17)21-20-11-12-10-19-15-7-6-13(22-2)9-14(12)15;/h6-7,9-11,19H,3-5,8H2,1-2H3,(H3,17,18,21);1H. The van der Waals surface area contributed by atoms with E-state index in [-0.39, 0.29) is 24.0 Å². The van der Waals surface area contributed by atoms with Crippen molar-refractivity contribution in [2.45, 2.75) is 26.2 Å². The van der Waals surface area contributed by atoms with E-state index in [1.165, 1.54) is 6.42 Å². The van der Waals surface area contributed by atoms with Gasteiger partial charge < -0.3 is 15.5 Å². The molecular formula is C16H24IN5O. The molecule has 2 rings (SSSR count). The van der Waals surface area contributed by atoms with Crippen LogP contribution >= 0.6 is 24.0 Å². The molecule has 0 unspecified atom stereocenters. The highest BCUT2D eigenvalue weighted by Gasteiger charge is 2.03. The lowest BCUT2D eigenvalue weighted by Gasteiger charge is -2.00.